The molecule has 0 saturated heterocycles. The monoisotopic (exact) mass is 241 g/mol. The van der Waals surface area contributed by atoms with Gasteiger partial charge in [-0.25, -0.2) is 4.98 Å². The van der Waals surface area contributed by atoms with Crippen molar-refractivity contribution in [2.24, 2.45) is 0 Å². The van der Waals surface area contributed by atoms with E-state index in [4.69, 9.17) is 11.1 Å². The Balaban J connectivity index is 2.45. The highest BCUT2D eigenvalue weighted by Crippen LogP contribution is 2.24. The van der Waals surface area contributed by atoms with Gasteiger partial charge in [-0.1, -0.05) is 12.1 Å². The SMILES string of the molecule is N=Cc1c(N)cccc1-c1cnc(NC=O)cn1. The average molecular weight is 241 g/mol. The number of amides is 1. The van der Waals surface area contributed by atoms with Crippen molar-refractivity contribution in [2.75, 3.05) is 11.1 Å². The highest BCUT2D eigenvalue weighted by Gasteiger charge is 2.07. The first kappa shape index (κ1) is 11.7. The van der Waals surface area contributed by atoms with Crippen LogP contribution in [0.2, 0.25) is 0 Å². The van der Waals surface area contributed by atoms with Crippen LogP contribution in [0.4, 0.5) is 11.5 Å². The smallest absolute Gasteiger partial charge is 0.212 e. The summed E-state index contributed by atoms with van der Waals surface area (Å²) in [5.74, 6) is 0.369. The molecule has 4 N–H and O–H groups in total. The number of aromatic nitrogens is 2. The summed E-state index contributed by atoms with van der Waals surface area (Å²) >= 11 is 0. The van der Waals surface area contributed by atoms with Gasteiger partial charge in [0.25, 0.3) is 0 Å². The molecule has 1 heterocycles. The minimum Gasteiger partial charge on any atom is -0.398 e. The number of anilines is 2. The zero-order valence-electron chi connectivity index (χ0n) is 9.42. The number of nitrogens with one attached hydrogen (secondary N) is 2. The van der Waals surface area contributed by atoms with Crippen LogP contribution in [0.5, 0.6) is 0 Å². The van der Waals surface area contributed by atoms with Gasteiger partial charge in [-0.3, -0.25) is 9.78 Å². The zero-order chi connectivity index (χ0) is 13.0. The zero-order valence-corrected chi connectivity index (χ0v) is 9.42. The molecule has 18 heavy (non-hydrogen) atoms. The maximum Gasteiger partial charge on any atom is 0.212 e. The number of nitrogens with zero attached hydrogens (tertiary/aromatic N) is 2. The standard InChI is InChI=1S/C12H11N5O/c13-4-9-8(2-1-3-10(9)14)11-5-16-12(6-15-11)17-7-18/h1-7,13H,14H2,(H,16,17,18). The van der Waals surface area contributed by atoms with Crippen LogP contribution < -0.4 is 11.1 Å². The summed E-state index contributed by atoms with van der Waals surface area (Å²) in [5, 5.41) is 9.77. The predicted octanol–water partition coefficient (Wildman–Crippen LogP) is 1.29. The van der Waals surface area contributed by atoms with Crippen molar-refractivity contribution >= 4 is 24.1 Å². The second-order valence-corrected chi connectivity index (χ2v) is 3.50. The van der Waals surface area contributed by atoms with Gasteiger partial charge in [0.15, 0.2) is 5.82 Å². The molecule has 0 radical (unpaired) electrons. The molecule has 90 valence electrons. The Morgan fingerprint density at radius 1 is 1.28 bits per heavy atom. The van der Waals surface area contributed by atoms with Crippen molar-refractivity contribution in [1.29, 1.82) is 5.41 Å². The van der Waals surface area contributed by atoms with E-state index >= 15 is 0 Å². The Hall–Kier alpha value is -2.76. The second-order valence-electron chi connectivity index (χ2n) is 3.50. The summed E-state index contributed by atoms with van der Waals surface area (Å²) in [4.78, 5) is 18.5. The van der Waals surface area contributed by atoms with E-state index < -0.39 is 0 Å². The molecule has 2 rings (SSSR count). The maximum absolute atomic E-state index is 10.2. The number of hydrogen-bond donors (Lipinski definition) is 3. The van der Waals surface area contributed by atoms with Crippen LogP contribution in [0, 0.1) is 5.41 Å². The van der Waals surface area contributed by atoms with Crippen molar-refractivity contribution in [3.8, 4) is 11.3 Å². The van der Waals surface area contributed by atoms with Gasteiger partial charge in [0.1, 0.15) is 0 Å². The van der Waals surface area contributed by atoms with E-state index in [-0.39, 0.29) is 0 Å². The Labute approximate surface area is 103 Å². The van der Waals surface area contributed by atoms with Crippen LogP contribution in [-0.2, 0) is 4.79 Å². The van der Waals surface area contributed by atoms with Crippen molar-refractivity contribution in [3.05, 3.63) is 36.2 Å². The predicted molar refractivity (Wildman–Crippen MR) is 69.5 cm³/mol. The largest absolute Gasteiger partial charge is 0.398 e. The fourth-order valence-electron chi connectivity index (χ4n) is 1.57. The number of carbonyl (C=O) groups is 1. The van der Waals surface area contributed by atoms with Crippen LogP contribution >= 0.6 is 0 Å². The highest BCUT2D eigenvalue weighted by atomic mass is 16.1. The molecule has 0 aliphatic carbocycles. The minimum absolute atomic E-state index is 0.369. The van der Waals surface area contributed by atoms with Crippen LogP contribution in [-0.4, -0.2) is 22.6 Å². The van der Waals surface area contributed by atoms with Crippen LogP contribution in [0.25, 0.3) is 11.3 Å². The lowest BCUT2D eigenvalue weighted by atomic mass is 10.0. The Kier molecular flexibility index (Phi) is 3.29. The Morgan fingerprint density at radius 3 is 2.72 bits per heavy atom. The molecule has 1 aromatic carbocycles. The third kappa shape index (κ3) is 2.17. The van der Waals surface area contributed by atoms with Gasteiger partial charge in [-0.2, -0.15) is 0 Å². The van der Waals surface area contributed by atoms with Crippen molar-refractivity contribution in [3.63, 3.8) is 0 Å². The van der Waals surface area contributed by atoms with E-state index in [1.807, 2.05) is 6.07 Å². The van der Waals surface area contributed by atoms with Gasteiger partial charge in [-0.05, 0) is 6.07 Å². The molecule has 0 bridgehead atoms. The molecular weight excluding hydrogens is 230 g/mol. The normalized spacial score (nSPS) is 9.78. The molecule has 0 aliphatic heterocycles. The summed E-state index contributed by atoms with van der Waals surface area (Å²) in [5.41, 5.74) is 8.23. The van der Waals surface area contributed by atoms with Gasteiger partial charge < -0.3 is 16.5 Å². The van der Waals surface area contributed by atoms with Gasteiger partial charge in [0.2, 0.25) is 6.41 Å². The van der Waals surface area contributed by atoms with E-state index in [9.17, 15) is 4.79 Å². The van der Waals surface area contributed by atoms with E-state index in [1.54, 1.807) is 12.1 Å². The van der Waals surface area contributed by atoms with E-state index in [1.165, 1.54) is 18.6 Å². The first-order valence-electron chi connectivity index (χ1n) is 5.18. The average Bonchev–Trinajstić information content (AvgIpc) is 2.40. The molecule has 0 atom stereocenters. The number of nitrogen functional groups attached to an aromatic ring is 1. The minimum atomic E-state index is 0.369. The lowest BCUT2D eigenvalue weighted by Crippen LogP contribution is -2.00. The maximum atomic E-state index is 10.2. The highest BCUT2D eigenvalue weighted by molar-refractivity contribution is 5.94. The van der Waals surface area contributed by atoms with Crippen LogP contribution in [0.15, 0.2) is 30.6 Å². The van der Waals surface area contributed by atoms with Crippen LogP contribution in [0.1, 0.15) is 5.56 Å². The van der Waals surface area contributed by atoms with Crippen LogP contribution in [0.3, 0.4) is 0 Å². The molecule has 6 heteroatoms. The number of benzene rings is 1. The molecule has 6 nitrogen and oxygen atoms in total. The summed E-state index contributed by atoms with van der Waals surface area (Å²) in [7, 11) is 0. The molecule has 0 saturated carbocycles. The third-order valence-corrected chi connectivity index (χ3v) is 2.42. The molecule has 0 spiro atoms. The molecule has 2 aromatic rings. The molecule has 1 amide bonds. The molecule has 0 unspecified atom stereocenters. The molecule has 0 aliphatic rings. The third-order valence-electron chi connectivity index (χ3n) is 2.42. The number of rotatable bonds is 4. The lowest BCUT2D eigenvalue weighted by molar-refractivity contribution is -0.105. The summed E-state index contributed by atoms with van der Waals surface area (Å²) in [6.07, 6.45) is 4.69. The fourth-order valence-corrected chi connectivity index (χ4v) is 1.57. The van der Waals surface area contributed by atoms with Gasteiger partial charge >= 0.3 is 0 Å². The van der Waals surface area contributed by atoms with E-state index in [0.717, 1.165) is 5.56 Å². The number of nitrogens with two attached hydrogens (primary N) is 1. The summed E-state index contributed by atoms with van der Waals surface area (Å²) < 4.78 is 0. The number of hydrogen-bond acceptors (Lipinski definition) is 5. The Bertz CT molecular complexity index is 580. The molecular formula is C12H11N5O. The molecule has 0 fully saturated rings. The lowest BCUT2D eigenvalue weighted by Gasteiger charge is -2.07. The van der Waals surface area contributed by atoms with Gasteiger partial charge in [0, 0.05) is 23.0 Å². The van der Waals surface area contributed by atoms with Crippen molar-refractivity contribution in [2.45, 2.75) is 0 Å². The van der Waals surface area contributed by atoms with E-state index in [0.29, 0.717) is 29.2 Å². The van der Waals surface area contributed by atoms with Gasteiger partial charge in [-0.15, -0.1) is 0 Å². The van der Waals surface area contributed by atoms with Crippen molar-refractivity contribution < 1.29 is 4.79 Å². The molecule has 1 aromatic heterocycles. The van der Waals surface area contributed by atoms with E-state index in [2.05, 4.69) is 15.3 Å². The first-order valence-corrected chi connectivity index (χ1v) is 5.18. The quantitative estimate of drug-likeness (QED) is 0.426. The van der Waals surface area contributed by atoms with Crippen molar-refractivity contribution in [1.82, 2.24) is 9.97 Å². The topological polar surface area (TPSA) is 105 Å². The number of carbonyl (C=O) groups excluding carboxylic acids is 1. The first-order chi connectivity index (χ1) is 8.76. The summed E-state index contributed by atoms with van der Waals surface area (Å²) in [6, 6.07) is 5.32. The summed E-state index contributed by atoms with van der Waals surface area (Å²) in [6.45, 7) is 0. The fraction of sp³-hybridized carbons (Fsp3) is 0. The van der Waals surface area contributed by atoms with Gasteiger partial charge in [0.05, 0.1) is 18.1 Å². The Morgan fingerprint density at radius 2 is 2.11 bits per heavy atom. The second kappa shape index (κ2) is 5.05.